The Kier molecular flexibility index (Phi) is 28.7. The van der Waals surface area contributed by atoms with Gasteiger partial charge in [0.2, 0.25) is 0 Å². The fraction of sp³-hybridized carbons (Fsp3) is 0.288. The highest BCUT2D eigenvalue weighted by molar-refractivity contribution is 5.94. The number of anilines is 1. The van der Waals surface area contributed by atoms with Gasteiger partial charge in [0.1, 0.15) is 5.84 Å². The Balaban J connectivity index is 0.000000970. The van der Waals surface area contributed by atoms with E-state index in [-0.39, 0.29) is 5.84 Å². The second-order valence-electron chi connectivity index (χ2n) is 12.8. The summed E-state index contributed by atoms with van der Waals surface area (Å²) in [6, 6.07) is 18.7. The van der Waals surface area contributed by atoms with E-state index in [1.165, 1.54) is 42.4 Å². The molecule has 0 amide bonds. The molecule has 0 atom stereocenters. The van der Waals surface area contributed by atoms with Crippen LogP contribution in [0.4, 0.5) is 5.69 Å². The van der Waals surface area contributed by atoms with Gasteiger partial charge in [0, 0.05) is 18.1 Å². The summed E-state index contributed by atoms with van der Waals surface area (Å²) in [4.78, 5) is 2.14. The highest BCUT2D eigenvalue weighted by Gasteiger charge is 2.05. The largest absolute Gasteiger partial charge is 0.384 e. The number of hydrogen-bond acceptors (Lipinski definition) is 2. The Morgan fingerprint density at radius 2 is 1.62 bits per heavy atom. The topological polar surface area (TPSA) is 53.1 Å². The van der Waals surface area contributed by atoms with Crippen LogP contribution >= 0.6 is 0 Å². The molecule has 0 bridgehead atoms. The predicted octanol–water partition coefficient (Wildman–Crippen LogP) is 14.9. The number of nitrogens with one attached hydrogen (secondary N) is 1. The summed E-state index contributed by atoms with van der Waals surface area (Å²) >= 11 is 0. The number of allylic oxidation sites excluding steroid dienone is 16. The van der Waals surface area contributed by atoms with Crippen molar-refractivity contribution >= 4 is 17.6 Å². The summed E-state index contributed by atoms with van der Waals surface area (Å²) in [5.41, 5.74) is 15.1. The van der Waals surface area contributed by atoms with Crippen LogP contribution in [0.15, 0.2) is 180 Å². The second-order valence-corrected chi connectivity index (χ2v) is 12.8. The number of rotatable bonds is 9. The number of amidine groups is 1. The van der Waals surface area contributed by atoms with Crippen molar-refractivity contribution in [3.8, 4) is 12.3 Å². The lowest BCUT2D eigenvalue weighted by Gasteiger charge is -2.18. The van der Waals surface area contributed by atoms with Crippen LogP contribution in [-0.2, 0) is 0 Å². The van der Waals surface area contributed by atoms with Gasteiger partial charge in [-0.25, -0.2) is 0 Å². The molecular formula is C52H69N3. The summed E-state index contributed by atoms with van der Waals surface area (Å²) in [5.74, 6) is 2.74. The van der Waals surface area contributed by atoms with E-state index in [9.17, 15) is 0 Å². The van der Waals surface area contributed by atoms with Crippen LogP contribution in [0, 0.1) is 24.7 Å². The highest BCUT2D eigenvalue weighted by Crippen LogP contribution is 2.23. The molecule has 4 rings (SSSR count). The first kappa shape index (κ1) is 49.4. The standard InChI is InChI=1S/C30H31N.C7H10N2.C7H8.C6H14.C2H6/c1-7-9-15-28(8-2)16-12-17-29-18-13-19-30(22-29)31-20-11-10-14-24(3)25(4)21-26(5)27(6)23-31;8-7(9)6-4-2-1-3-5-6;1-7-5-3-2-4-6-7;1-3-5-6-4-2;1-2/h1,8-15,17-23H,3-4,16H2,2,5-6H3;1-2,4H,3,5H2,(H3,8,9);2-6H,1H3;3-6H2,1-2H3;1-2H3/b14-10-,15-9-,17-12+,20-11-,26-21-,27-23-,28-8+;;;;. The van der Waals surface area contributed by atoms with Gasteiger partial charge in [0.25, 0.3) is 0 Å². The molecule has 0 saturated heterocycles. The Morgan fingerprint density at radius 3 is 2.15 bits per heavy atom. The molecule has 0 radical (unpaired) electrons. The maximum absolute atomic E-state index is 7.06. The van der Waals surface area contributed by atoms with Crippen molar-refractivity contribution < 1.29 is 0 Å². The minimum absolute atomic E-state index is 0.208. The van der Waals surface area contributed by atoms with Crippen molar-refractivity contribution in [2.24, 2.45) is 5.73 Å². The lowest BCUT2D eigenvalue weighted by Crippen LogP contribution is -2.13. The van der Waals surface area contributed by atoms with Crippen molar-refractivity contribution in [3.63, 3.8) is 0 Å². The quantitative estimate of drug-likeness (QED) is 0.0886. The van der Waals surface area contributed by atoms with E-state index in [2.05, 4.69) is 138 Å². The molecular weight excluding hydrogens is 667 g/mol. The number of hydrogen-bond donors (Lipinski definition) is 2. The van der Waals surface area contributed by atoms with Gasteiger partial charge in [-0.3, -0.25) is 5.41 Å². The maximum Gasteiger partial charge on any atom is 0.118 e. The highest BCUT2D eigenvalue weighted by atomic mass is 15.1. The Morgan fingerprint density at radius 1 is 0.927 bits per heavy atom. The van der Waals surface area contributed by atoms with Crippen LogP contribution in [0.2, 0.25) is 0 Å². The molecule has 292 valence electrons. The van der Waals surface area contributed by atoms with Crippen molar-refractivity contribution in [1.82, 2.24) is 0 Å². The number of unbranched alkanes of at least 4 members (excludes halogenated alkanes) is 3. The van der Waals surface area contributed by atoms with Crippen molar-refractivity contribution in [3.05, 3.63) is 192 Å². The summed E-state index contributed by atoms with van der Waals surface area (Å²) < 4.78 is 0. The normalized spacial score (nSPS) is 17.0. The minimum atomic E-state index is 0.208. The van der Waals surface area contributed by atoms with Gasteiger partial charge in [-0.05, 0) is 110 Å². The third kappa shape index (κ3) is 23.6. The molecule has 1 aliphatic carbocycles. The summed E-state index contributed by atoms with van der Waals surface area (Å²) in [6.07, 6.45) is 41.9. The Bertz CT molecular complexity index is 1750. The predicted molar refractivity (Wildman–Crippen MR) is 249 cm³/mol. The molecule has 3 heteroatoms. The van der Waals surface area contributed by atoms with Gasteiger partial charge in [-0.15, -0.1) is 6.42 Å². The van der Waals surface area contributed by atoms with E-state index in [1.54, 1.807) is 6.08 Å². The number of nitrogens with zero attached hydrogens (tertiary/aromatic N) is 1. The first-order chi connectivity index (χ1) is 26.6. The molecule has 0 spiro atoms. The summed E-state index contributed by atoms with van der Waals surface area (Å²) in [7, 11) is 0. The molecule has 0 unspecified atom stereocenters. The average Bonchev–Trinajstić information content (AvgIpc) is 3.23. The zero-order valence-corrected chi connectivity index (χ0v) is 35.2. The number of terminal acetylenes is 1. The molecule has 3 nitrogen and oxygen atoms in total. The molecule has 0 fully saturated rings. The van der Waals surface area contributed by atoms with Crippen LogP contribution in [0.25, 0.3) is 6.08 Å². The van der Waals surface area contributed by atoms with Gasteiger partial charge in [0.15, 0.2) is 0 Å². The minimum Gasteiger partial charge on any atom is -0.384 e. The van der Waals surface area contributed by atoms with Crippen LogP contribution in [0.5, 0.6) is 0 Å². The zero-order chi connectivity index (χ0) is 41.3. The molecule has 1 aliphatic heterocycles. The van der Waals surface area contributed by atoms with Crippen LogP contribution < -0.4 is 10.6 Å². The van der Waals surface area contributed by atoms with E-state index in [4.69, 9.17) is 17.6 Å². The number of benzene rings is 2. The van der Waals surface area contributed by atoms with Crippen LogP contribution in [0.1, 0.15) is 105 Å². The van der Waals surface area contributed by atoms with E-state index in [0.717, 1.165) is 52.8 Å². The first-order valence-corrected chi connectivity index (χ1v) is 19.7. The summed E-state index contributed by atoms with van der Waals surface area (Å²) in [6.45, 7) is 25.0. The third-order valence-corrected chi connectivity index (χ3v) is 8.27. The second kappa shape index (κ2) is 31.9. The molecule has 3 N–H and O–H groups in total. The Labute approximate surface area is 336 Å². The van der Waals surface area contributed by atoms with E-state index >= 15 is 0 Å². The summed E-state index contributed by atoms with van der Waals surface area (Å²) in [5, 5.41) is 7.06. The number of nitrogens with two attached hydrogens (primary N) is 1. The van der Waals surface area contributed by atoms with Crippen LogP contribution in [-0.4, -0.2) is 5.84 Å². The monoisotopic (exact) mass is 736 g/mol. The fourth-order valence-corrected chi connectivity index (χ4v) is 4.82. The Hall–Kier alpha value is -5.59. The van der Waals surface area contributed by atoms with Gasteiger partial charge in [0.05, 0.1) is 0 Å². The first-order valence-electron chi connectivity index (χ1n) is 19.7. The van der Waals surface area contributed by atoms with Gasteiger partial charge in [-0.1, -0.05) is 181 Å². The average molecular weight is 736 g/mol. The molecule has 2 aliphatic rings. The lowest BCUT2D eigenvalue weighted by molar-refractivity contribution is 0.702. The molecule has 0 saturated carbocycles. The fourth-order valence-electron chi connectivity index (χ4n) is 4.82. The maximum atomic E-state index is 7.06. The molecule has 1 heterocycles. The van der Waals surface area contributed by atoms with E-state index in [0.29, 0.717) is 0 Å². The van der Waals surface area contributed by atoms with Crippen molar-refractivity contribution in [2.75, 3.05) is 4.90 Å². The van der Waals surface area contributed by atoms with E-state index in [1.807, 2.05) is 75.4 Å². The molecule has 2 aromatic rings. The SMILES string of the molecule is C#C/C=C\C(=C/C)C/C=C/c1cccc(N2/C=C\C=C/C(=C)C(=C)/C=C(C)\C(C)=C/2)c1.CC.CCCCCC.Cc1ccccc1.N=C(N)C1=CC=CCC1. The van der Waals surface area contributed by atoms with Gasteiger partial charge >= 0.3 is 0 Å². The van der Waals surface area contributed by atoms with E-state index < -0.39 is 0 Å². The third-order valence-electron chi connectivity index (χ3n) is 8.27. The zero-order valence-electron chi connectivity index (χ0n) is 35.2. The van der Waals surface area contributed by atoms with Crippen LogP contribution in [0.3, 0.4) is 0 Å². The molecule has 2 aromatic carbocycles. The van der Waals surface area contributed by atoms with Crippen molar-refractivity contribution in [1.29, 1.82) is 5.41 Å². The molecule has 55 heavy (non-hydrogen) atoms. The number of aryl methyl sites for hydroxylation is 1. The van der Waals surface area contributed by atoms with Gasteiger partial charge < -0.3 is 10.6 Å². The van der Waals surface area contributed by atoms with Gasteiger partial charge in [-0.2, -0.15) is 0 Å². The lowest BCUT2D eigenvalue weighted by atomic mass is 10.0. The smallest absolute Gasteiger partial charge is 0.118 e. The van der Waals surface area contributed by atoms with Crippen molar-refractivity contribution in [2.45, 2.75) is 100 Å². The molecule has 0 aromatic heterocycles.